The zero-order chi connectivity index (χ0) is 13.9. The van der Waals surface area contributed by atoms with E-state index in [1.54, 1.807) is 13.8 Å². The minimum absolute atomic E-state index is 0.0148. The summed E-state index contributed by atoms with van der Waals surface area (Å²) in [6.07, 6.45) is 1.40. The number of hydrazine groups is 1. The van der Waals surface area contributed by atoms with Crippen molar-refractivity contribution >= 4 is 17.8 Å². The standard InChI is InChI=1S/C11H20N4O3/c1-4-5-7-8(16)15(10(18)13-7)6-11(2,3)9(17)14-12/h7H,4-6,12H2,1-3H3,(H,13,18)(H,14,17). The number of rotatable bonds is 5. The van der Waals surface area contributed by atoms with E-state index in [0.717, 1.165) is 11.3 Å². The van der Waals surface area contributed by atoms with Crippen LogP contribution in [0.4, 0.5) is 4.79 Å². The first kappa shape index (κ1) is 14.4. The molecule has 0 aliphatic carbocycles. The molecule has 102 valence electrons. The molecule has 1 atom stereocenters. The third kappa shape index (κ3) is 2.79. The lowest BCUT2D eigenvalue weighted by Gasteiger charge is -2.26. The zero-order valence-corrected chi connectivity index (χ0v) is 10.9. The van der Waals surface area contributed by atoms with Crippen LogP contribution in [-0.4, -0.2) is 35.3 Å². The zero-order valence-electron chi connectivity index (χ0n) is 10.9. The van der Waals surface area contributed by atoms with Gasteiger partial charge in [-0.05, 0) is 20.3 Å². The summed E-state index contributed by atoms with van der Waals surface area (Å²) in [5, 5.41) is 2.61. The van der Waals surface area contributed by atoms with E-state index in [-0.39, 0.29) is 12.5 Å². The van der Waals surface area contributed by atoms with Crippen LogP contribution in [0.5, 0.6) is 0 Å². The minimum atomic E-state index is -0.914. The second-order valence-corrected chi connectivity index (χ2v) is 5.07. The Hall–Kier alpha value is -1.63. The molecule has 1 unspecified atom stereocenters. The van der Waals surface area contributed by atoms with Crippen molar-refractivity contribution in [1.82, 2.24) is 15.6 Å². The van der Waals surface area contributed by atoms with Gasteiger partial charge in [0, 0.05) is 6.54 Å². The molecule has 4 amide bonds. The van der Waals surface area contributed by atoms with E-state index in [1.807, 2.05) is 12.3 Å². The third-order valence-corrected chi connectivity index (χ3v) is 2.98. The molecule has 0 saturated carbocycles. The van der Waals surface area contributed by atoms with Gasteiger partial charge in [-0.3, -0.25) is 19.9 Å². The van der Waals surface area contributed by atoms with Crippen LogP contribution >= 0.6 is 0 Å². The maximum Gasteiger partial charge on any atom is 0.324 e. The average molecular weight is 256 g/mol. The van der Waals surface area contributed by atoms with E-state index in [9.17, 15) is 14.4 Å². The molecule has 0 aromatic carbocycles. The number of hydrogen-bond acceptors (Lipinski definition) is 4. The molecule has 1 fully saturated rings. The van der Waals surface area contributed by atoms with Crippen molar-refractivity contribution in [3.63, 3.8) is 0 Å². The second kappa shape index (κ2) is 5.34. The summed E-state index contributed by atoms with van der Waals surface area (Å²) >= 11 is 0. The first-order chi connectivity index (χ1) is 8.33. The number of nitrogens with zero attached hydrogens (tertiary/aromatic N) is 1. The van der Waals surface area contributed by atoms with Crippen molar-refractivity contribution in [3.8, 4) is 0 Å². The Labute approximate surface area is 106 Å². The van der Waals surface area contributed by atoms with E-state index in [4.69, 9.17) is 5.84 Å². The van der Waals surface area contributed by atoms with Crippen molar-refractivity contribution in [3.05, 3.63) is 0 Å². The number of hydrogen-bond donors (Lipinski definition) is 3. The van der Waals surface area contributed by atoms with Crippen LogP contribution in [0.2, 0.25) is 0 Å². The van der Waals surface area contributed by atoms with Crippen LogP contribution in [-0.2, 0) is 9.59 Å². The number of amides is 4. The molecule has 1 heterocycles. The Bertz CT molecular complexity index is 367. The molecule has 0 aromatic heterocycles. The number of urea groups is 1. The van der Waals surface area contributed by atoms with E-state index in [2.05, 4.69) is 5.32 Å². The summed E-state index contributed by atoms with van der Waals surface area (Å²) in [5.41, 5.74) is 1.12. The highest BCUT2D eigenvalue weighted by Crippen LogP contribution is 2.21. The Morgan fingerprint density at radius 3 is 2.61 bits per heavy atom. The first-order valence-corrected chi connectivity index (χ1v) is 5.96. The van der Waals surface area contributed by atoms with Gasteiger partial charge in [-0.2, -0.15) is 0 Å². The second-order valence-electron chi connectivity index (χ2n) is 5.07. The number of imide groups is 1. The third-order valence-electron chi connectivity index (χ3n) is 2.98. The highest BCUT2D eigenvalue weighted by Gasteiger charge is 2.41. The van der Waals surface area contributed by atoms with E-state index in [1.165, 1.54) is 0 Å². The lowest BCUT2D eigenvalue weighted by molar-refractivity contribution is -0.133. The Morgan fingerprint density at radius 1 is 1.50 bits per heavy atom. The molecule has 18 heavy (non-hydrogen) atoms. The highest BCUT2D eigenvalue weighted by molar-refractivity contribution is 6.04. The maximum absolute atomic E-state index is 12.0. The lowest BCUT2D eigenvalue weighted by Crippen LogP contribution is -2.49. The molecule has 1 rings (SSSR count). The van der Waals surface area contributed by atoms with Crippen LogP contribution < -0.4 is 16.6 Å². The fraction of sp³-hybridized carbons (Fsp3) is 0.727. The molecule has 0 spiro atoms. The monoisotopic (exact) mass is 256 g/mol. The molecule has 0 radical (unpaired) electrons. The topological polar surface area (TPSA) is 105 Å². The van der Waals surface area contributed by atoms with E-state index >= 15 is 0 Å². The summed E-state index contributed by atoms with van der Waals surface area (Å²) < 4.78 is 0. The van der Waals surface area contributed by atoms with Crippen LogP contribution in [0.1, 0.15) is 33.6 Å². The van der Waals surface area contributed by atoms with Gasteiger partial charge in [-0.15, -0.1) is 0 Å². The SMILES string of the molecule is CCCC1NC(=O)N(CC(C)(C)C(=O)NN)C1=O. The summed E-state index contributed by atoms with van der Waals surface area (Å²) in [7, 11) is 0. The van der Waals surface area contributed by atoms with E-state index < -0.39 is 23.4 Å². The molecular formula is C11H20N4O3. The van der Waals surface area contributed by atoms with Gasteiger partial charge < -0.3 is 5.32 Å². The molecule has 1 saturated heterocycles. The summed E-state index contributed by atoms with van der Waals surface area (Å²) in [6.45, 7) is 5.21. The van der Waals surface area contributed by atoms with Crippen LogP contribution in [0.25, 0.3) is 0 Å². The highest BCUT2D eigenvalue weighted by atomic mass is 16.2. The van der Waals surface area contributed by atoms with Gasteiger partial charge in [0.25, 0.3) is 5.91 Å². The van der Waals surface area contributed by atoms with Gasteiger partial charge in [0.15, 0.2) is 0 Å². The quantitative estimate of drug-likeness (QED) is 0.272. The molecular weight excluding hydrogens is 236 g/mol. The Morgan fingerprint density at radius 2 is 2.11 bits per heavy atom. The Balaban J connectivity index is 2.76. The summed E-state index contributed by atoms with van der Waals surface area (Å²) in [6, 6.07) is -0.921. The van der Waals surface area contributed by atoms with E-state index in [0.29, 0.717) is 6.42 Å². The number of carbonyl (C=O) groups excluding carboxylic acids is 3. The summed E-state index contributed by atoms with van der Waals surface area (Å²) in [4.78, 5) is 36.3. The van der Waals surface area contributed by atoms with Gasteiger partial charge in [0.2, 0.25) is 5.91 Å². The van der Waals surface area contributed by atoms with Gasteiger partial charge in [-0.25, -0.2) is 10.6 Å². The fourth-order valence-electron chi connectivity index (χ4n) is 1.87. The van der Waals surface area contributed by atoms with Crippen molar-refractivity contribution in [1.29, 1.82) is 0 Å². The number of carbonyl (C=O) groups is 3. The van der Waals surface area contributed by atoms with Crippen molar-refractivity contribution in [2.45, 2.75) is 39.7 Å². The molecule has 0 aromatic rings. The molecule has 7 heteroatoms. The molecule has 1 aliphatic heterocycles. The number of nitrogens with one attached hydrogen (secondary N) is 2. The van der Waals surface area contributed by atoms with Crippen LogP contribution in [0.15, 0.2) is 0 Å². The van der Waals surface area contributed by atoms with Crippen LogP contribution in [0.3, 0.4) is 0 Å². The summed E-state index contributed by atoms with van der Waals surface area (Å²) in [5.74, 6) is 4.38. The van der Waals surface area contributed by atoms with Crippen molar-refractivity contribution in [2.24, 2.45) is 11.3 Å². The largest absolute Gasteiger partial charge is 0.326 e. The fourth-order valence-corrected chi connectivity index (χ4v) is 1.87. The predicted molar refractivity (Wildman–Crippen MR) is 65.1 cm³/mol. The smallest absolute Gasteiger partial charge is 0.324 e. The lowest BCUT2D eigenvalue weighted by atomic mass is 9.92. The number of nitrogens with two attached hydrogens (primary N) is 1. The normalized spacial score (nSPS) is 20.0. The van der Waals surface area contributed by atoms with Gasteiger partial charge in [0.1, 0.15) is 6.04 Å². The van der Waals surface area contributed by atoms with Gasteiger partial charge in [0.05, 0.1) is 5.41 Å². The maximum atomic E-state index is 12.0. The average Bonchev–Trinajstić information content (AvgIpc) is 2.56. The molecule has 7 nitrogen and oxygen atoms in total. The minimum Gasteiger partial charge on any atom is -0.326 e. The Kier molecular flexibility index (Phi) is 4.28. The predicted octanol–water partition coefficient (Wildman–Crippen LogP) is -0.277. The van der Waals surface area contributed by atoms with Gasteiger partial charge in [-0.1, -0.05) is 13.3 Å². The van der Waals surface area contributed by atoms with Crippen molar-refractivity contribution in [2.75, 3.05) is 6.54 Å². The molecule has 0 bridgehead atoms. The van der Waals surface area contributed by atoms with Crippen molar-refractivity contribution < 1.29 is 14.4 Å². The molecule has 4 N–H and O–H groups in total. The van der Waals surface area contributed by atoms with Crippen LogP contribution in [0, 0.1) is 5.41 Å². The first-order valence-electron chi connectivity index (χ1n) is 5.96. The van der Waals surface area contributed by atoms with Gasteiger partial charge >= 0.3 is 6.03 Å². The molecule has 1 aliphatic rings.